The molecule has 4 heteroatoms. The molecule has 0 saturated carbocycles. The maximum absolute atomic E-state index is 12.0. The SMILES string of the molecule is CCOC(SC)C(=O)c1ccc(OC)cc1. The van der Waals surface area contributed by atoms with Gasteiger partial charge in [0, 0.05) is 12.2 Å². The van der Waals surface area contributed by atoms with Crippen LogP contribution in [0.5, 0.6) is 5.75 Å². The number of Topliss-reactive ketones (excluding diaryl/α,β-unsaturated/α-hetero) is 1. The molecule has 0 radical (unpaired) electrons. The largest absolute Gasteiger partial charge is 0.497 e. The van der Waals surface area contributed by atoms with E-state index in [1.54, 1.807) is 31.4 Å². The van der Waals surface area contributed by atoms with E-state index in [2.05, 4.69) is 0 Å². The van der Waals surface area contributed by atoms with Crippen molar-refractivity contribution < 1.29 is 14.3 Å². The Hall–Kier alpha value is -1.00. The van der Waals surface area contributed by atoms with Crippen molar-refractivity contribution in [3.63, 3.8) is 0 Å². The van der Waals surface area contributed by atoms with E-state index in [0.717, 1.165) is 5.75 Å². The minimum atomic E-state index is -0.418. The summed E-state index contributed by atoms with van der Waals surface area (Å²) in [5.41, 5.74) is 0.229. The van der Waals surface area contributed by atoms with Gasteiger partial charge in [0.05, 0.1) is 7.11 Å². The van der Waals surface area contributed by atoms with Gasteiger partial charge in [0.25, 0.3) is 0 Å². The van der Waals surface area contributed by atoms with Crippen molar-refractivity contribution in [3.05, 3.63) is 29.8 Å². The molecule has 1 rings (SSSR count). The third kappa shape index (κ3) is 3.25. The molecule has 0 aliphatic rings. The summed E-state index contributed by atoms with van der Waals surface area (Å²) >= 11 is 1.40. The Morgan fingerprint density at radius 2 is 2.00 bits per heavy atom. The molecular weight excluding hydrogens is 224 g/mol. The van der Waals surface area contributed by atoms with Crippen LogP contribution < -0.4 is 4.74 Å². The molecule has 0 amide bonds. The number of benzene rings is 1. The molecule has 0 fully saturated rings. The van der Waals surface area contributed by atoms with E-state index < -0.39 is 5.44 Å². The molecule has 0 spiro atoms. The first kappa shape index (κ1) is 13.1. The van der Waals surface area contributed by atoms with E-state index >= 15 is 0 Å². The highest BCUT2D eigenvalue weighted by Crippen LogP contribution is 2.18. The first-order chi connectivity index (χ1) is 7.72. The lowest BCUT2D eigenvalue weighted by molar-refractivity contribution is 0.0709. The molecule has 0 N–H and O–H groups in total. The van der Waals surface area contributed by atoms with E-state index in [1.807, 2.05) is 13.2 Å². The zero-order valence-corrected chi connectivity index (χ0v) is 10.5. The van der Waals surface area contributed by atoms with Gasteiger partial charge in [0.1, 0.15) is 5.75 Å². The summed E-state index contributed by atoms with van der Waals surface area (Å²) in [6.45, 7) is 2.41. The minimum Gasteiger partial charge on any atom is -0.497 e. The second-order valence-corrected chi connectivity index (χ2v) is 4.02. The fourth-order valence-electron chi connectivity index (χ4n) is 1.29. The van der Waals surface area contributed by atoms with Gasteiger partial charge in [-0.1, -0.05) is 0 Å². The summed E-state index contributed by atoms with van der Waals surface area (Å²) in [6, 6.07) is 7.06. The summed E-state index contributed by atoms with van der Waals surface area (Å²) in [6.07, 6.45) is 1.86. The molecular formula is C12H16O3S. The van der Waals surface area contributed by atoms with Gasteiger partial charge in [-0.3, -0.25) is 4.79 Å². The summed E-state index contributed by atoms with van der Waals surface area (Å²) in [5, 5.41) is 0. The fourth-order valence-corrected chi connectivity index (χ4v) is 1.92. The molecule has 88 valence electrons. The predicted molar refractivity (Wildman–Crippen MR) is 66.3 cm³/mol. The van der Waals surface area contributed by atoms with E-state index in [4.69, 9.17) is 9.47 Å². The standard InChI is InChI=1S/C12H16O3S/c1-4-15-12(16-3)11(13)9-5-7-10(14-2)8-6-9/h5-8,12H,4H2,1-3H3. The number of ether oxygens (including phenoxy) is 2. The lowest BCUT2D eigenvalue weighted by atomic mass is 10.1. The van der Waals surface area contributed by atoms with Crippen molar-refractivity contribution >= 4 is 17.5 Å². The molecule has 3 nitrogen and oxygen atoms in total. The molecule has 0 saturated heterocycles. The van der Waals surface area contributed by atoms with Gasteiger partial charge in [-0.25, -0.2) is 0 Å². The summed E-state index contributed by atoms with van der Waals surface area (Å²) < 4.78 is 10.4. The number of hydrogen-bond donors (Lipinski definition) is 0. The Morgan fingerprint density at radius 1 is 1.38 bits per heavy atom. The third-order valence-electron chi connectivity index (χ3n) is 2.12. The van der Waals surface area contributed by atoms with Gasteiger partial charge in [0.2, 0.25) is 5.78 Å². The number of hydrogen-bond acceptors (Lipinski definition) is 4. The lowest BCUT2D eigenvalue weighted by Gasteiger charge is -2.13. The first-order valence-electron chi connectivity index (χ1n) is 5.05. The maximum Gasteiger partial charge on any atom is 0.201 e. The summed E-state index contributed by atoms with van der Waals surface area (Å²) in [4.78, 5) is 12.0. The third-order valence-corrected chi connectivity index (χ3v) is 2.90. The number of carbonyl (C=O) groups excluding carboxylic acids is 1. The number of methoxy groups -OCH3 is 1. The second-order valence-electron chi connectivity index (χ2n) is 3.12. The summed E-state index contributed by atoms with van der Waals surface area (Å²) in [5.74, 6) is 0.741. The smallest absolute Gasteiger partial charge is 0.201 e. The Kier molecular flexibility index (Phi) is 5.35. The number of thioether (sulfide) groups is 1. The first-order valence-corrected chi connectivity index (χ1v) is 6.34. The van der Waals surface area contributed by atoms with Gasteiger partial charge in [-0.05, 0) is 37.4 Å². The van der Waals surface area contributed by atoms with Crippen LogP contribution in [0, 0.1) is 0 Å². The Labute approximate surface area is 100 Å². The van der Waals surface area contributed by atoms with Gasteiger partial charge in [0.15, 0.2) is 5.44 Å². The van der Waals surface area contributed by atoms with Crippen molar-refractivity contribution in [3.8, 4) is 5.75 Å². The van der Waals surface area contributed by atoms with Crippen molar-refractivity contribution in [2.45, 2.75) is 12.4 Å². The normalized spacial score (nSPS) is 12.2. The predicted octanol–water partition coefficient (Wildman–Crippen LogP) is 2.60. The zero-order chi connectivity index (χ0) is 12.0. The Balaban J connectivity index is 2.78. The van der Waals surface area contributed by atoms with Crippen molar-refractivity contribution in [2.24, 2.45) is 0 Å². The average molecular weight is 240 g/mol. The quantitative estimate of drug-likeness (QED) is 0.565. The molecule has 1 atom stereocenters. The van der Waals surface area contributed by atoms with E-state index in [1.165, 1.54) is 11.8 Å². The molecule has 0 aliphatic carbocycles. The lowest BCUT2D eigenvalue weighted by Crippen LogP contribution is -2.20. The Bertz CT molecular complexity index is 335. The topological polar surface area (TPSA) is 35.5 Å². The van der Waals surface area contributed by atoms with Gasteiger partial charge < -0.3 is 9.47 Å². The van der Waals surface area contributed by atoms with E-state index in [9.17, 15) is 4.79 Å². The van der Waals surface area contributed by atoms with Gasteiger partial charge in [-0.2, -0.15) is 0 Å². The monoisotopic (exact) mass is 240 g/mol. The number of carbonyl (C=O) groups is 1. The van der Waals surface area contributed by atoms with Crippen LogP contribution in [0.2, 0.25) is 0 Å². The molecule has 16 heavy (non-hydrogen) atoms. The Morgan fingerprint density at radius 3 is 2.44 bits per heavy atom. The van der Waals surface area contributed by atoms with Crippen LogP contribution in [0.4, 0.5) is 0 Å². The molecule has 0 bridgehead atoms. The van der Waals surface area contributed by atoms with E-state index in [-0.39, 0.29) is 5.78 Å². The second kappa shape index (κ2) is 6.55. The average Bonchev–Trinajstić information content (AvgIpc) is 2.35. The van der Waals surface area contributed by atoms with Crippen LogP contribution >= 0.6 is 11.8 Å². The molecule has 0 aliphatic heterocycles. The van der Waals surface area contributed by atoms with Gasteiger partial charge >= 0.3 is 0 Å². The molecule has 1 unspecified atom stereocenters. The number of rotatable bonds is 6. The van der Waals surface area contributed by atoms with Crippen LogP contribution in [0.15, 0.2) is 24.3 Å². The van der Waals surface area contributed by atoms with Gasteiger partial charge in [-0.15, -0.1) is 11.8 Å². The number of ketones is 1. The maximum atomic E-state index is 12.0. The van der Waals surface area contributed by atoms with Crippen molar-refractivity contribution in [1.82, 2.24) is 0 Å². The molecule has 0 aromatic heterocycles. The summed E-state index contributed by atoms with van der Waals surface area (Å²) in [7, 11) is 1.60. The van der Waals surface area contributed by atoms with Crippen LogP contribution in [0.25, 0.3) is 0 Å². The van der Waals surface area contributed by atoms with Crippen LogP contribution in [0.1, 0.15) is 17.3 Å². The zero-order valence-electron chi connectivity index (χ0n) is 9.73. The van der Waals surface area contributed by atoms with Crippen molar-refractivity contribution in [2.75, 3.05) is 20.0 Å². The van der Waals surface area contributed by atoms with Crippen LogP contribution in [0.3, 0.4) is 0 Å². The highest BCUT2D eigenvalue weighted by atomic mass is 32.2. The highest BCUT2D eigenvalue weighted by molar-refractivity contribution is 7.99. The molecule has 0 heterocycles. The van der Waals surface area contributed by atoms with E-state index in [0.29, 0.717) is 12.2 Å². The molecule has 1 aromatic carbocycles. The highest BCUT2D eigenvalue weighted by Gasteiger charge is 2.18. The minimum absolute atomic E-state index is 0.00277. The molecule has 1 aromatic rings. The fraction of sp³-hybridized carbons (Fsp3) is 0.417. The van der Waals surface area contributed by atoms with Crippen molar-refractivity contribution in [1.29, 1.82) is 0 Å². The van der Waals surface area contributed by atoms with Crippen LogP contribution in [-0.4, -0.2) is 31.2 Å². The van der Waals surface area contributed by atoms with Crippen LogP contribution in [-0.2, 0) is 4.74 Å².